The SMILES string of the molecule is COC(=O)CC[C@H]1NC(=O)N(C2CCc3sc(Cl)cc32)C1=O. The van der Waals surface area contributed by atoms with E-state index in [1.807, 2.05) is 6.07 Å². The van der Waals surface area contributed by atoms with Gasteiger partial charge in [0.1, 0.15) is 6.04 Å². The molecule has 118 valence electrons. The number of hydrogen-bond acceptors (Lipinski definition) is 5. The van der Waals surface area contributed by atoms with Crippen molar-refractivity contribution in [2.24, 2.45) is 0 Å². The van der Waals surface area contributed by atoms with Crippen LogP contribution in [-0.4, -0.2) is 36.0 Å². The molecule has 1 saturated heterocycles. The average molecular weight is 343 g/mol. The Bertz CT molecular complexity index is 645. The van der Waals surface area contributed by atoms with E-state index in [9.17, 15) is 14.4 Å². The third-order valence-corrected chi connectivity index (χ3v) is 5.38. The van der Waals surface area contributed by atoms with Crippen molar-refractivity contribution in [3.05, 3.63) is 20.8 Å². The molecular formula is C14H15ClN2O4S. The maximum Gasteiger partial charge on any atom is 0.325 e. The summed E-state index contributed by atoms with van der Waals surface area (Å²) in [6.45, 7) is 0. The number of aryl methyl sites for hydroxylation is 1. The van der Waals surface area contributed by atoms with Crippen LogP contribution in [0.4, 0.5) is 4.79 Å². The lowest BCUT2D eigenvalue weighted by molar-refractivity contribution is -0.141. The Balaban J connectivity index is 1.74. The Labute approximate surface area is 136 Å². The zero-order valence-corrected chi connectivity index (χ0v) is 13.5. The average Bonchev–Trinajstić information content (AvgIpc) is 3.10. The van der Waals surface area contributed by atoms with Crippen molar-refractivity contribution in [3.8, 4) is 0 Å². The third-order valence-electron chi connectivity index (χ3n) is 4.04. The maximum absolute atomic E-state index is 12.5. The third kappa shape index (κ3) is 2.59. The lowest BCUT2D eigenvalue weighted by atomic mass is 10.1. The van der Waals surface area contributed by atoms with Crippen molar-refractivity contribution in [1.82, 2.24) is 10.2 Å². The smallest absolute Gasteiger partial charge is 0.325 e. The van der Waals surface area contributed by atoms with E-state index in [1.165, 1.54) is 23.3 Å². The molecule has 3 amide bonds. The molecule has 2 atom stereocenters. The Morgan fingerprint density at radius 2 is 2.32 bits per heavy atom. The fraction of sp³-hybridized carbons (Fsp3) is 0.500. The summed E-state index contributed by atoms with van der Waals surface area (Å²) in [5, 5.41) is 2.65. The first-order chi connectivity index (χ1) is 10.5. The van der Waals surface area contributed by atoms with Gasteiger partial charge in [-0.2, -0.15) is 0 Å². The van der Waals surface area contributed by atoms with E-state index in [2.05, 4.69) is 10.1 Å². The summed E-state index contributed by atoms with van der Waals surface area (Å²) in [5.74, 6) is -0.678. The number of esters is 1. The molecule has 2 heterocycles. The molecule has 1 aromatic heterocycles. The second-order valence-corrected chi connectivity index (χ2v) is 7.08. The number of urea groups is 1. The van der Waals surface area contributed by atoms with E-state index in [4.69, 9.17) is 11.6 Å². The van der Waals surface area contributed by atoms with E-state index in [0.29, 0.717) is 4.34 Å². The molecule has 1 unspecified atom stereocenters. The molecule has 1 N–H and O–H groups in total. The highest BCUT2D eigenvalue weighted by atomic mass is 35.5. The number of carbonyl (C=O) groups excluding carboxylic acids is 3. The van der Waals surface area contributed by atoms with Crippen LogP contribution >= 0.6 is 22.9 Å². The minimum atomic E-state index is -0.662. The van der Waals surface area contributed by atoms with Crippen LogP contribution in [0.25, 0.3) is 0 Å². The highest BCUT2D eigenvalue weighted by molar-refractivity contribution is 7.16. The highest BCUT2D eigenvalue weighted by Crippen LogP contribution is 2.43. The first-order valence-corrected chi connectivity index (χ1v) is 8.19. The molecule has 0 spiro atoms. The van der Waals surface area contributed by atoms with Crippen LogP contribution in [0.5, 0.6) is 0 Å². The number of nitrogens with zero attached hydrogens (tertiary/aromatic N) is 1. The van der Waals surface area contributed by atoms with E-state index < -0.39 is 18.0 Å². The second kappa shape index (κ2) is 5.89. The molecule has 3 rings (SSSR count). The number of hydrogen-bond donors (Lipinski definition) is 1. The van der Waals surface area contributed by atoms with Gasteiger partial charge in [0.05, 0.1) is 17.5 Å². The van der Waals surface area contributed by atoms with Crippen molar-refractivity contribution < 1.29 is 19.1 Å². The van der Waals surface area contributed by atoms with Gasteiger partial charge in [-0.3, -0.25) is 14.5 Å². The first-order valence-electron chi connectivity index (χ1n) is 6.99. The number of halogens is 1. The van der Waals surface area contributed by atoms with Crippen LogP contribution in [0.1, 0.15) is 35.7 Å². The fourth-order valence-corrected chi connectivity index (χ4v) is 4.33. The molecule has 1 aliphatic heterocycles. The van der Waals surface area contributed by atoms with Crippen LogP contribution in [0.2, 0.25) is 4.34 Å². The normalized spacial score (nSPS) is 23.6. The van der Waals surface area contributed by atoms with Crippen molar-refractivity contribution in [2.75, 3.05) is 7.11 Å². The lowest BCUT2D eigenvalue weighted by Gasteiger charge is -2.21. The lowest BCUT2D eigenvalue weighted by Crippen LogP contribution is -2.34. The molecule has 6 nitrogen and oxygen atoms in total. The number of rotatable bonds is 4. The van der Waals surface area contributed by atoms with Crippen molar-refractivity contribution in [1.29, 1.82) is 0 Å². The maximum atomic E-state index is 12.5. The van der Waals surface area contributed by atoms with Crippen LogP contribution in [0.3, 0.4) is 0 Å². The van der Waals surface area contributed by atoms with Gasteiger partial charge >= 0.3 is 12.0 Å². The molecule has 1 aliphatic carbocycles. The predicted octanol–water partition coefficient (Wildman–Crippen LogP) is 2.26. The van der Waals surface area contributed by atoms with E-state index >= 15 is 0 Å². The van der Waals surface area contributed by atoms with Gasteiger partial charge in [-0.05, 0) is 30.9 Å². The monoisotopic (exact) mass is 342 g/mol. The first kappa shape index (κ1) is 15.3. The Morgan fingerprint density at radius 1 is 1.55 bits per heavy atom. The zero-order valence-electron chi connectivity index (χ0n) is 11.9. The Kier molecular flexibility index (Phi) is 4.10. The summed E-state index contributed by atoms with van der Waals surface area (Å²) >= 11 is 7.51. The molecular weight excluding hydrogens is 328 g/mol. The molecule has 0 bridgehead atoms. The number of amides is 3. The molecule has 22 heavy (non-hydrogen) atoms. The summed E-state index contributed by atoms with van der Waals surface area (Å²) in [7, 11) is 1.30. The van der Waals surface area contributed by atoms with Gasteiger partial charge in [0.15, 0.2) is 0 Å². The van der Waals surface area contributed by atoms with E-state index in [1.54, 1.807) is 0 Å². The number of fused-ring (bicyclic) bond motifs is 1. The molecule has 0 aromatic carbocycles. The molecule has 1 aromatic rings. The van der Waals surface area contributed by atoms with Gasteiger partial charge in [-0.1, -0.05) is 11.6 Å². The zero-order chi connectivity index (χ0) is 15.9. The van der Waals surface area contributed by atoms with Crippen LogP contribution in [-0.2, 0) is 20.7 Å². The van der Waals surface area contributed by atoms with Crippen LogP contribution in [0, 0.1) is 0 Å². The molecule has 1 fully saturated rings. The summed E-state index contributed by atoms with van der Waals surface area (Å²) in [6.07, 6.45) is 1.89. The molecule has 8 heteroatoms. The predicted molar refractivity (Wildman–Crippen MR) is 80.8 cm³/mol. The molecule has 0 saturated carbocycles. The number of methoxy groups -OCH3 is 1. The van der Waals surface area contributed by atoms with Gasteiger partial charge < -0.3 is 10.1 Å². The van der Waals surface area contributed by atoms with Gasteiger partial charge in [0, 0.05) is 11.3 Å². The van der Waals surface area contributed by atoms with Crippen LogP contribution < -0.4 is 5.32 Å². The van der Waals surface area contributed by atoms with Crippen molar-refractivity contribution >= 4 is 40.8 Å². The van der Waals surface area contributed by atoms with Gasteiger partial charge in [0.2, 0.25) is 0 Å². The van der Waals surface area contributed by atoms with Crippen molar-refractivity contribution in [3.63, 3.8) is 0 Å². The summed E-state index contributed by atoms with van der Waals surface area (Å²) in [5.41, 5.74) is 0.965. The Hall–Kier alpha value is -1.60. The number of carbonyl (C=O) groups is 3. The largest absolute Gasteiger partial charge is 0.469 e. The summed E-state index contributed by atoms with van der Waals surface area (Å²) in [6, 6.07) is 0.515. The number of thiophene rings is 1. The van der Waals surface area contributed by atoms with Crippen LogP contribution in [0.15, 0.2) is 6.07 Å². The minimum Gasteiger partial charge on any atom is -0.469 e. The van der Waals surface area contributed by atoms with E-state index in [0.717, 1.165) is 23.3 Å². The number of ether oxygens (including phenoxy) is 1. The topological polar surface area (TPSA) is 75.7 Å². The Morgan fingerprint density at radius 3 is 3.05 bits per heavy atom. The number of nitrogens with one attached hydrogen (secondary N) is 1. The summed E-state index contributed by atoms with van der Waals surface area (Å²) in [4.78, 5) is 38.2. The van der Waals surface area contributed by atoms with Gasteiger partial charge in [-0.25, -0.2) is 4.79 Å². The second-order valence-electron chi connectivity index (χ2n) is 5.31. The molecule has 0 radical (unpaired) electrons. The number of imide groups is 1. The van der Waals surface area contributed by atoms with Gasteiger partial charge in [-0.15, -0.1) is 11.3 Å². The van der Waals surface area contributed by atoms with E-state index in [-0.39, 0.29) is 24.8 Å². The highest BCUT2D eigenvalue weighted by Gasteiger charge is 2.44. The quantitative estimate of drug-likeness (QED) is 0.672. The van der Waals surface area contributed by atoms with Gasteiger partial charge in [0.25, 0.3) is 5.91 Å². The standard InChI is InChI=1S/C14H15ClN2O4S/c1-21-12(18)5-2-8-13(19)17(14(20)16-8)9-3-4-10-7(9)6-11(15)22-10/h6,8-9H,2-5H2,1H3,(H,16,20)/t8-,9?/m1/s1. The summed E-state index contributed by atoms with van der Waals surface area (Å²) < 4.78 is 5.23. The minimum absolute atomic E-state index is 0.0984. The van der Waals surface area contributed by atoms with Crippen molar-refractivity contribution in [2.45, 2.75) is 37.8 Å². The fourth-order valence-electron chi connectivity index (χ4n) is 2.98. The molecule has 2 aliphatic rings.